The molecule has 3 rings (SSSR count). The predicted molar refractivity (Wildman–Crippen MR) is 124 cm³/mol. The van der Waals surface area contributed by atoms with Crippen LogP contribution in [0.5, 0.6) is 5.75 Å². The summed E-state index contributed by atoms with van der Waals surface area (Å²) in [6.45, 7) is 14.6. The van der Waals surface area contributed by atoms with Crippen molar-refractivity contribution in [1.29, 1.82) is 0 Å². The molecule has 0 radical (unpaired) electrons. The third-order valence-corrected chi connectivity index (χ3v) is 6.45. The first-order valence-corrected chi connectivity index (χ1v) is 11.7. The second-order valence-electron chi connectivity index (χ2n) is 8.72. The second kappa shape index (κ2) is 11.5. The molecule has 0 aliphatic carbocycles. The molecular weight excluding hydrogens is 372 g/mol. The Balaban J connectivity index is 1.50. The molecule has 1 aliphatic rings. The molecule has 1 aromatic carbocycles. The Bertz CT molecular complexity index is 772. The van der Waals surface area contributed by atoms with E-state index in [-0.39, 0.29) is 0 Å². The summed E-state index contributed by atoms with van der Waals surface area (Å²) in [5.74, 6) is 1.72. The third kappa shape index (κ3) is 6.32. The third-order valence-electron chi connectivity index (χ3n) is 6.45. The van der Waals surface area contributed by atoms with Crippen molar-refractivity contribution in [2.45, 2.75) is 59.5 Å². The average Bonchev–Trinajstić information content (AvgIpc) is 3.11. The highest BCUT2D eigenvalue weighted by atomic mass is 16.5. The Labute approximate surface area is 183 Å². The summed E-state index contributed by atoms with van der Waals surface area (Å²) in [7, 11) is 1.74. The summed E-state index contributed by atoms with van der Waals surface area (Å²) in [6, 6.07) is 8.50. The van der Waals surface area contributed by atoms with Gasteiger partial charge in [-0.2, -0.15) is 5.10 Å². The van der Waals surface area contributed by atoms with Crippen LogP contribution in [0.1, 0.15) is 49.9 Å². The van der Waals surface area contributed by atoms with Crippen molar-refractivity contribution in [1.82, 2.24) is 19.6 Å². The first kappa shape index (κ1) is 22.8. The number of aryl methyl sites for hydroxylation is 1. The van der Waals surface area contributed by atoms with Crippen LogP contribution < -0.4 is 4.74 Å². The van der Waals surface area contributed by atoms with Crippen molar-refractivity contribution in [2.24, 2.45) is 5.92 Å². The number of rotatable bonds is 11. The molecule has 2 aromatic rings. The normalized spacial score (nSPS) is 17.6. The molecule has 1 aromatic heterocycles. The predicted octanol–water partition coefficient (Wildman–Crippen LogP) is 4.39. The maximum absolute atomic E-state index is 5.37. The summed E-state index contributed by atoms with van der Waals surface area (Å²) in [4.78, 5) is 5.27. The highest BCUT2D eigenvalue weighted by Gasteiger charge is 2.22. The largest absolute Gasteiger partial charge is 0.497 e. The minimum atomic E-state index is 0.759. The van der Waals surface area contributed by atoms with Crippen LogP contribution in [-0.4, -0.2) is 59.4 Å². The molecule has 0 amide bonds. The molecule has 1 fully saturated rings. The molecule has 166 valence electrons. The van der Waals surface area contributed by atoms with Gasteiger partial charge in [0.2, 0.25) is 0 Å². The van der Waals surface area contributed by atoms with E-state index in [4.69, 9.17) is 4.74 Å². The number of nitrogens with zero attached hydrogens (tertiary/aromatic N) is 4. The molecule has 0 bridgehead atoms. The first-order valence-electron chi connectivity index (χ1n) is 11.7. The number of piperidine rings is 1. The van der Waals surface area contributed by atoms with Crippen molar-refractivity contribution in [3.63, 3.8) is 0 Å². The van der Waals surface area contributed by atoms with Gasteiger partial charge in [-0.15, -0.1) is 0 Å². The van der Waals surface area contributed by atoms with Gasteiger partial charge in [0.05, 0.1) is 13.3 Å². The lowest BCUT2D eigenvalue weighted by atomic mass is 9.96. The summed E-state index contributed by atoms with van der Waals surface area (Å²) in [6.07, 6.45) is 6.97. The SMILES string of the molecule is CCCn1ncc(CN(CC)CC2CCCN(CCc3cccc(OC)c3)C2)c1C. The lowest BCUT2D eigenvalue weighted by molar-refractivity contribution is 0.133. The van der Waals surface area contributed by atoms with Crippen LogP contribution in [0, 0.1) is 12.8 Å². The zero-order valence-electron chi connectivity index (χ0n) is 19.4. The molecule has 0 spiro atoms. The molecule has 0 saturated carbocycles. The van der Waals surface area contributed by atoms with E-state index in [2.05, 4.69) is 64.7 Å². The number of hydrogen-bond donors (Lipinski definition) is 0. The Morgan fingerprint density at radius 2 is 2.10 bits per heavy atom. The van der Waals surface area contributed by atoms with Crippen LogP contribution in [0.25, 0.3) is 0 Å². The summed E-state index contributed by atoms with van der Waals surface area (Å²) < 4.78 is 7.52. The van der Waals surface area contributed by atoms with Crippen molar-refractivity contribution in [2.75, 3.05) is 39.8 Å². The molecule has 2 heterocycles. The van der Waals surface area contributed by atoms with Crippen LogP contribution in [0.15, 0.2) is 30.5 Å². The van der Waals surface area contributed by atoms with Gasteiger partial charge in [-0.05, 0) is 69.3 Å². The standard InChI is InChI=1S/C25H40N4O/c1-5-13-29-21(3)24(17-26-29)20-27(6-2)18-23-10-8-14-28(19-23)15-12-22-9-7-11-25(16-22)30-4/h7,9,11,16-17,23H,5-6,8,10,12-15,18-20H2,1-4H3. The molecule has 1 aliphatic heterocycles. The van der Waals surface area contributed by atoms with Crippen molar-refractivity contribution < 1.29 is 4.74 Å². The molecule has 1 unspecified atom stereocenters. The van der Waals surface area contributed by atoms with Gasteiger partial charge in [-0.25, -0.2) is 0 Å². The van der Waals surface area contributed by atoms with Gasteiger partial charge in [0.15, 0.2) is 0 Å². The topological polar surface area (TPSA) is 33.5 Å². The Morgan fingerprint density at radius 3 is 2.87 bits per heavy atom. The van der Waals surface area contributed by atoms with Crippen LogP contribution in [0.4, 0.5) is 0 Å². The minimum Gasteiger partial charge on any atom is -0.497 e. The van der Waals surface area contributed by atoms with Gasteiger partial charge >= 0.3 is 0 Å². The number of ether oxygens (including phenoxy) is 1. The van der Waals surface area contributed by atoms with Gasteiger partial charge in [-0.3, -0.25) is 9.58 Å². The Kier molecular flexibility index (Phi) is 8.76. The van der Waals surface area contributed by atoms with Gasteiger partial charge in [0.25, 0.3) is 0 Å². The lowest BCUT2D eigenvalue weighted by Gasteiger charge is -2.35. The average molecular weight is 413 g/mol. The molecule has 0 N–H and O–H groups in total. The van der Waals surface area contributed by atoms with E-state index in [0.717, 1.165) is 50.7 Å². The van der Waals surface area contributed by atoms with E-state index < -0.39 is 0 Å². The highest BCUT2D eigenvalue weighted by molar-refractivity contribution is 5.28. The van der Waals surface area contributed by atoms with Crippen LogP contribution in [-0.2, 0) is 19.5 Å². The number of likely N-dealkylation sites (tertiary alicyclic amines) is 1. The van der Waals surface area contributed by atoms with Crippen molar-refractivity contribution >= 4 is 0 Å². The molecular formula is C25H40N4O. The fraction of sp³-hybridized carbons (Fsp3) is 0.640. The number of hydrogen-bond acceptors (Lipinski definition) is 4. The minimum absolute atomic E-state index is 0.759. The molecule has 30 heavy (non-hydrogen) atoms. The summed E-state index contributed by atoms with van der Waals surface area (Å²) in [5, 5.41) is 4.59. The fourth-order valence-corrected chi connectivity index (χ4v) is 4.61. The molecule has 1 saturated heterocycles. The van der Waals surface area contributed by atoms with Gasteiger partial charge < -0.3 is 9.64 Å². The number of methoxy groups -OCH3 is 1. The zero-order valence-corrected chi connectivity index (χ0v) is 19.4. The van der Waals surface area contributed by atoms with Gasteiger partial charge in [-0.1, -0.05) is 26.0 Å². The molecule has 5 heteroatoms. The summed E-state index contributed by atoms with van der Waals surface area (Å²) in [5.41, 5.74) is 4.08. The first-order chi connectivity index (χ1) is 14.6. The molecule has 5 nitrogen and oxygen atoms in total. The smallest absolute Gasteiger partial charge is 0.119 e. The highest BCUT2D eigenvalue weighted by Crippen LogP contribution is 2.21. The fourth-order valence-electron chi connectivity index (χ4n) is 4.61. The second-order valence-corrected chi connectivity index (χ2v) is 8.72. The van der Waals surface area contributed by atoms with E-state index >= 15 is 0 Å². The zero-order chi connectivity index (χ0) is 21.3. The van der Waals surface area contributed by atoms with Crippen LogP contribution in [0.3, 0.4) is 0 Å². The maximum atomic E-state index is 5.37. The Hall–Kier alpha value is -1.85. The number of benzene rings is 1. The van der Waals surface area contributed by atoms with E-state index in [1.165, 1.54) is 49.3 Å². The van der Waals surface area contributed by atoms with Crippen LogP contribution in [0.2, 0.25) is 0 Å². The van der Waals surface area contributed by atoms with E-state index in [1.807, 2.05) is 6.07 Å². The maximum Gasteiger partial charge on any atom is 0.119 e. The van der Waals surface area contributed by atoms with E-state index in [0.29, 0.717) is 0 Å². The van der Waals surface area contributed by atoms with Crippen molar-refractivity contribution in [3.05, 3.63) is 47.3 Å². The van der Waals surface area contributed by atoms with E-state index in [9.17, 15) is 0 Å². The monoisotopic (exact) mass is 412 g/mol. The molecule has 1 atom stereocenters. The number of aromatic nitrogens is 2. The van der Waals surface area contributed by atoms with E-state index in [1.54, 1.807) is 7.11 Å². The quantitative estimate of drug-likeness (QED) is 0.548. The summed E-state index contributed by atoms with van der Waals surface area (Å²) >= 11 is 0. The van der Waals surface area contributed by atoms with Gasteiger partial charge in [0, 0.05) is 44.0 Å². The van der Waals surface area contributed by atoms with Crippen LogP contribution >= 0.6 is 0 Å². The Morgan fingerprint density at radius 1 is 1.23 bits per heavy atom. The van der Waals surface area contributed by atoms with Gasteiger partial charge in [0.1, 0.15) is 5.75 Å². The lowest BCUT2D eigenvalue weighted by Crippen LogP contribution is -2.41. The van der Waals surface area contributed by atoms with Crippen molar-refractivity contribution in [3.8, 4) is 5.75 Å².